The molecule has 0 radical (unpaired) electrons. The molecule has 1 aromatic carbocycles. The number of benzene rings is 1. The predicted octanol–water partition coefficient (Wildman–Crippen LogP) is 2.16. The zero-order valence-electron chi connectivity index (χ0n) is 15.5. The number of likely N-dealkylation sites (N-methyl/N-ethyl adjacent to an activating group) is 1. The number of carbonyl (C=O) groups excluding carboxylic acids is 1. The fraction of sp³-hybridized carbons (Fsp3) is 0.368. The van der Waals surface area contributed by atoms with Crippen molar-refractivity contribution in [3.05, 3.63) is 53.5 Å². The Labute approximate surface area is 153 Å². The minimum atomic E-state index is -0.586. The summed E-state index contributed by atoms with van der Waals surface area (Å²) in [6.45, 7) is 6.32. The summed E-state index contributed by atoms with van der Waals surface area (Å²) in [5.41, 5.74) is 6.39. The number of nitrogens with one attached hydrogen (secondary N) is 1. The Morgan fingerprint density at radius 1 is 1.27 bits per heavy atom. The SMILES string of the molecule is CCNC(=NCc1ccc(C(N)=O)o1)N(C)CCOc1ccc(C)cc1. The zero-order valence-corrected chi connectivity index (χ0v) is 15.5. The largest absolute Gasteiger partial charge is 0.492 e. The van der Waals surface area contributed by atoms with E-state index in [2.05, 4.69) is 10.3 Å². The standard InChI is InChI=1S/C19H26N4O3/c1-4-21-19(22-13-16-9-10-17(26-16)18(20)24)23(3)11-12-25-15-7-5-14(2)6-8-15/h5-10H,4,11-13H2,1-3H3,(H2,20,24)(H,21,22). The average molecular weight is 358 g/mol. The van der Waals surface area contributed by atoms with Crippen molar-refractivity contribution in [1.82, 2.24) is 10.2 Å². The summed E-state index contributed by atoms with van der Waals surface area (Å²) in [6.07, 6.45) is 0. The van der Waals surface area contributed by atoms with Crippen molar-refractivity contribution < 1.29 is 13.9 Å². The third kappa shape index (κ3) is 5.84. The second-order valence-corrected chi connectivity index (χ2v) is 5.88. The molecule has 1 heterocycles. The van der Waals surface area contributed by atoms with Crippen LogP contribution in [0.4, 0.5) is 0 Å². The molecule has 0 spiro atoms. The van der Waals surface area contributed by atoms with Gasteiger partial charge in [-0.2, -0.15) is 0 Å². The monoisotopic (exact) mass is 358 g/mol. The quantitative estimate of drug-likeness (QED) is 0.557. The van der Waals surface area contributed by atoms with Crippen LogP contribution in [0, 0.1) is 6.92 Å². The maximum absolute atomic E-state index is 11.1. The van der Waals surface area contributed by atoms with Crippen molar-refractivity contribution >= 4 is 11.9 Å². The number of ether oxygens (including phenoxy) is 1. The van der Waals surface area contributed by atoms with Gasteiger partial charge >= 0.3 is 0 Å². The number of furan rings is 1. The van der Waals surface area contributed by atoms with E-state index >= 15 is 0 Å². The summed E-state index contributed by atoms with van der Waals surface area (Å²) in [5, 5.41) is 3.23. The van der Waals surface area contributed by atoms with Gasteiger partial charge in [0.2, 0.25) is 0 Å². The van der Waals surface area contributed by atoms with Gasteiger partial charge in [0.05, 0.1) is 6.54 Å². The van der Waals surface area contributed by atoms with Gasteiger partial charge in [-0.3, -0.25) is 4.79 Å². The van der Waals surface area contributed by atoms with Gasteiger partial charge in [-0.1, -0.05) is 17.7 Å². The molecule has 1 amide bonds. The zero-order chi connectivity index (χ0) is 18.9. The number of guanidine groups is 1. The van der Waals surface area contributed by atoms with E-state index in [9.17, 15) is 4.79 Å². The van der Waals surface area contributed by atoms with Gasteiger partial charge in [-0.15, -0.1) is 0 Å². The van der Waals surface area contributed by atoms with Crippen LogP contribution >= 0.6 is 0 Å². The first kappa shape index (κ1) is 19.4. The molecule has 2 aromatic rings. The molecule has 7 nitrogen and oxygen atoms in total. The number of aliphatic imine (C=N–C) groups is 1. The topological polar surface area (TPSA) is 93.1 Å². The van der Waals surface area contributed by atoms with Crippen molar-refractivity contribution in [2.24, 2.45) is 10.7 Å². The highest BCUT2D eigenvalue weighted by atomic mass is 16.5. The van der Waals surface area contributed by atoms with E-state index in [-0.39, 0.29) is 5.76 Å². The summed E-state index contributed by atoms with van der Waals surface area (Å²) < 4.78 is 11.1. The van der Waals surface area contributed by atoms with Crippen LogP contribution in [0.15, 0.2) is 45.8 Å². The van der Waals surface area contributed by atoms with Crippen molar-refractivity contribution in [3.63, 3.8) is 0 Å². The highest BCUT2D eigenvalue weighted by Gasteiger charge is 2.09. The highest BCUT2D eigenvalue weighted by Crippen LogP contribution is 2.11. The molecule has 0 fully saturated rings. The molecule has 0 atom stereocenters. The summed E-state index contributed by atoms with van der Waals surface area (Å²) >= 11 is 0. The average Bonchev–Trinajstić information content (AvgIpc) is 3.09. The van der Waals surface area contributed by atoms with Crippen LogP contribution in [-0.2, 0) is 6.54 Å². The molecule has 3 N–H and O–H groups in total. The Kier molecular flexibility index (Phi) is 7.08. The molecular weight excluding hydrogens is 332 g/mol. The maximum atomic E-state index is 11.1. The van der Waals surface area contributed by atoms with Gasteiger partial charge in [0, 0.05) is 13.6 Å². The Morgan fingerprint density at radius 3 is 2.62 bits per heavy atom. The molecule has 0 bridgehead atoms. The maximum Gasteiger partial charge on any atom is 0.284 e. The van der Waals surface area contributed by atoms with Gasteiger partial charge < -0.3 is 25.1 Å². The third-order valence-corrected chi connectivity index (χ3v) is 3.70. The van der Waals surface area contributed by atoms with Crippen LogP contribution in [0.5, 0.6) is 5.75 Å². The van der Waals surface area contributed by atoms with Crippen LogP contribution in [0.1, 0.15) is 28.8 Å². The van der Waals surface area contributed by atoms with Crippen molar-refractivity contribution in [2.75, 3.05) is 26.7 Å². The molecule has 0 aliphatic rings. The Balaban J connectivity index is 1.89. The van der Waals surface area contributed by atoms with E-state index in [1.54, 1.807) is 12.1 Å². The van der Waals surface area contributed by atoms with Gasteiger partial charge in [-0.05, 0) is 38.1 Å². The molecule has 140 valence electrons. The predicted molar refractivity (Wildman–Crippen MR) is 101 cm³/mol. The molecule has 26 heavy (non-hydrogen) atoms. The molecular formula is C19H26N4O3. The van der Waals surface area contributed by atoms with E-state index in [4.69, 9.17) is 14.9 Å². The Morgan fingerprint density at radius 2 is 2.00 bits per heavy atom. The normalized spacial score (nSPS) is 11.3. The summed E-state index contributed by atoms with van der Waals surface area (Å²) in [4.78, 5) is 17.6. The van der Waals surface area contributed by atoms with Gasteiger partial charge in [0.25, 0.3) is 5.91 Å². The molecule has 7 heteroatoms. The van der Waals surface area contributed by atoms with Crippen molar-refractivity contribution in [3.8, 4) is 5.75 Å². The molecule has 0 unspecified atom stereocenters. The number of nitrogens with two attached hydrogens (primary N) is 1. The van der Waals surface area contributed by atoms with Crippen molar-refractivity contribution in [2.45, 2.75) is 20.4 Å². The lowest BCUT2D eigenvalue weighted by Crippen LogP contribution is -2.40. The smallest absolute Gasteiger partial charge is 0.284 e. The molecule has 0 saturated heterocycles. The van der Waals surface area contributed by atoms with E-state index in [1.807, 2.05) is 50.1 Å². The van der Waals surface area contributed by atoms with E-state index < -0.39 is 5.91 Å². The number of aryl methyl sites for hydroxylation is 1. The number of rotatable bonds is 8. The van der Waals surface area contributed by atoms with Gasteiger partial charge in [0.15, 0.2) is 11.7 Å². The number of nitrogens with zero attached hydrogens (tertiary/aromatic N) is 2. The Bertz CT molecular complexity index is 737. The minimum absolute atomic E-state index is 0.139. The van der Waals surface area contributed by atoms with E-state index in [1.165, 1.54) is 5.56 Å². The number of amides is 1. The summed E-state index contributed by atoms with van der Waals surface area (Å²) in [6, 6.07) is 11.2. The number of hydrogen-bond donors (Lipinski definition) is 2. The second kappa shape index (κ2) is 9.50. The highest BCUT2D eigenvalue weighted by molar-refractivity contribution is 5.89. The summed E-state index contributed by atoms with van der Waals surface area (Å²) in [7, 11) is 1.94. The number of primary amides is 1. The first-order valence-electron chi connectivity index (χ1n) is 8.57. The summed E-state index contributed by atoms with van der Waals surface area (Å²) in [5.74, 6) is 1.72. The Hall–Kier alpha value is -2.96. The molecule has 2 rings (SSSR count). The number of hydrogen-bond acceptors (Lipinski definition) is 4. The lowest BCUT2D eigenvalue weighted by molar-refractivity contribution is 0.0972. The molecule has 1 aromatic heterocycles. The fourth-order valence-electron chi connectivity index (χ4n) is 2.26. The van der Waals surface area contributed by atoms with Crippen LogP contribution < -0.4 is 15.8 Å². The first-order valence-corrected chi connectivity index (χ1v) is 8.57. The molecule has 0 aliphatic heterocycles. The second-order valence-electron chi connectivity index (χ2n) is 5.88. The van der Waals surface area contributed by atoms with Crippen LogP contribution in [0.2, 0.25) is 0 Å². The van der Waals surface area contributed by atoms with Crippen LogP contribution in [-0.4, -0.2) is 43.5 Å². The van der Waals surface area contributed by atoms with Crippen LogP contribution in [0.25, 0.3) is 0 Å². The van der Waals surface area contributed by atoms with E-state index in [0.717, 1.165) is 18.3 Å². The number of carbonyl (C=O) groups is 1. The fourth-order valence-corrected chi connectivity index (χ4v) is 2.26. The first-order chi connectivity index (χ1) is 12.5. The van der Waals surface area contributed by atoms with E-state index in [0.29, 0.717) is 25.5 Å². The minimum Gasteiger partial charge on any atom is -0.492 e. The van der Waals surface area contributed by atoms with Crippen LogP contribution in [0.3, 0.4) is 0 Å². The molecule has 0 saturated carbocycles. The van der Waals surface area contributed by atoms with Crippen molar-refractivity contribution in [1.29, 1.82) is 0 Å². The molecule has 0 aliphatic carbocycles. The lowest BCUT2D eigenvalue weighted by atomic mass is 10.2. The third-order valence-electron chi connectivity index (χ3n) is 3.70. The van der Waals surface area contributed by atoms with Gasteiger partial charge in [0.1, 0.15) is 24.7 Å². The lowest BCUT2D eigenvalue weighted by Gasteiger charge is -2.22. The van der Waals surface area contributed by atoms with Gasteiger partial charge in [-0.25, -0.2) is 4.99 Å².